The number of fused-ring (bicyclic) bond motifs is 5. The van der Waals surface area contributed by atoms with E-state index in [1.54, 1.807) is 28.5 Å². The molecule has 0 aliphatic carbocycles. The summed E-state index contributed by atoms with van der Waals surface area (Å²) in [6.45, 7) is 11.0. The normalized spacial score (nSPS) is 24.5. The summed E-state index contributed by atoms with van der Waals surface area (Å²) in [5.41, 5.74) is 7.10. The minimum Gasteiger partial charge on any atom is -0.464 e. The number of thiazole rings is 1. The number of allylic oxidation sites excluding steroid dienone is 2. The Labute approximate surface area is 422 Å². The van der Waals surface area contributed by atoms with Crippen LogP contribution in [-0.4, -0.2) is 118 Å². The summed E-state index contributed by atoms with van der Waals surface area (Å²) in [4.78, 5) is 72.1. The van der Waals surface area contributed by atoms with Gasteiger partial charge in [0.1, 0.15) is 23.7 Å². The molecule has 8 heterocycles. The SMILES string of the molecule is CCc1ncc(C2Oc3cc(C4=CN=C([C@@H]5CCCN5C(=O)[C@@H](NC(=O)OC)C(C)C)C4)cc(F)c3-c3cc4cc(C5=CN=C([C@@H]6CCCN6C(=O)C(NC(=O)OC)C6C[C@@H](C)O[C@@H](C)C6)C5)ccc4n32)s1. The summed E-state index contributed by atoms with van der Waals surface area (Å²) in [7, 11) is 2.59. The second kappa shape index (κ2) is 20.2. The minimum absolute atomic E-state index is 0.0386. The standard InChI is InChI=1S/C54H63FN8O8S/c1-8-46-58-27-45(72-46)52-63-40-14-13-31(35-21-38(56-25-35)42-12-10-16-62(42)51(65)49(60-54(67)69-7)34-17-29(4)70-30(5)18-34)19-33(40)23-43(63)47-37(55)20-32(24-44(47)71-52)36-22-39(57-26-36)41-11-9-15-61(41)50(64)48(28(2)3)59-53(66)68-6/h13-14,19-20,23-30,34,41-42,48-49,52H,8-12,15-18,21-22H2,1-7H3,(H,59,66)(H,60,67)/t29-,30+,34?,41-,42-,48-,49?,52?/m0/s1. The van der Waals surface area contributed by atoms with Crippen molar-refractivity contribution in [2.75, 3.05) is 27.3 Å². The molecule has 10 rings (SSSR count). The molecule has 2 aromatic heterocycles. The number of carbonyl (C=O) groups is 4. The number of carbonyl (C=O) groups excluding carboxylic acids is 4. The Hall–Kier alpha value is -6.40. The van der Waals surface area contributed by atoms with Gasteiger partial charge in [-0.1, -0.05) is 26.8 Å². The molecule has 18 heteroatoms. The lowest BCUT2D eigenvalue weighted by Crippen LogP contribution is -2.56. The van der Waals surface area contributed by atoms with Gasteiger partial charge in [-0.2, -0.15) is 0 Å². The van der Waals surface area contributed by atoms with Gasteiger partial charge in [0.2, 0.25) is 18.0 Å². The topological polar surface area (TPSA) is 178 Å². The zero-order valence-electron chi connectivity index (χ0n) is 41.9. The van der Waals surface area contributed by atoms with Crippen LogP contribution in [0.2, 0.25) is 0 Å². The third-order valence-corrected chi connectivity index (χ3v) is 16.3. The number of ether oxygens (including phenoxy) is 4. The summed E-state index contributed by atoms with van der Waals surface area (Å²) < 4.78 is 41.7. The molecule has 3 fully saturated rings. The van der Waals surface area contributed by atoms with Gasteiger partial charge in [-0.15, -0.1) is 11.3 Å². The Morgan fingerprint density at radius 2 is 1.49 bits per heavy atom. The zero-order chi connectivity index (χ0) is 50.5. The van der Waals surface area contributed by atoms with Gasteiger partial charge in [0.25, 0.3) is 0 Å². The summed E-state index contributed by atoms with van der Waals surface area (Å²) in [6, 6.07) is 9.77. The van der Waals surface area contributed by atoms with Gasteiger partial charge in [0.15, 0.2) is 0 Å². The number of halogens is 1. The predicted octanol–water partition coefficient (Wildman–Crippen LogP) is 9.07. The lowest BCUT2D eigenvalue weighted by molar-refractivity contribution is -0.137. The number of aryl methyl sites for hydroxylation is 1. The van der Waals surface area contributed by atoms with Gasteiger partial charge >= 0.3 is 12.2 Å². The molecule has 0 saturated carbocycles. The van der Waals surface area contributed by atoms with Crippen LogP contribution in [0, 0.1) is 17.7 Å². The van der Waals surface area contributed by atoms with E-state index in [0.717, 1.165) is 81.0 Å². The number of likely N-dealkylation sites (tertiary alicyclic amines) is 2. The fraction of sp³-hybridized carbons (Fsp3) is 0.500. The van der Waals surface area contributed by atoms with Gasteiger partial charge in [-0.3, -0.25) is 24.1 Å². The first kappa shape index (κ1) is 49.2. The van der Waals surface area contributed by atoms with Crippen LogP contribution in [-0.2, 0) is 30.2 Å². The number of nitrogens with zero attached hydrogens (tertiary/aromatic N) is 6. The van der Waals surface area contributed by atoms with Gasteiger partial charge in [0, 0.05) is 61.3 Å². The molecule has 2 aromatic carbocycles. The quantitative estimate of drug-likeness (QED) is 0.140. The number of hydrogen-bond acceptors (Lipinski definition) is 12. The maximum absolute atomic E-state index is 17.0. The van der Waals surface area contributed by atoms with Crippen LogP contribution in [0.5, 0.6) is 5.75 Å². The average molecular weight is 1000 g/mol. The first-order valence-corrected chi connectivity index (χ1v) is 26.1. The molecular weight excluding hydrogens is 940 g/mol. The van der Waals surface area contributed by atoms with E-state index in [1.165, 1.54) is 14.2 Å². The maximum atomic E-state index is 17.0. The summed E-state index contributed by atoms with van der Waals surface area (Å²) in [5.74, 6) is -0.574. The minimum atomic E-state index is -0.746. The van der Waals surface area contributed by atoms with Crippen molar-refractivity contribution >= 4 is 68.8 Å². The summed E-state index contributed by atoms with van der Waals surface area (Å²) >= 11 is 1.57. The molecule has 6 aliphatic rings. The van der Waals surface area contributed by atoms with E-state index >= 15 is 4.39 Å². The highest BCUT2D eigenvalue weighted by Gasteiger charge is 2.43. The second-order valence-corrected chi connectivity index (χ2v) is 21.4. The van der Waals surface area contributed by atoms with Crippen molar-refractivity contribution in [1.82, 2.24) is 30.0 Å². The fourth-order valence-corrected chi connectivity index (χ4v) is 12.6. The highest BCUT2D eigenvalue weighted by molar-refractivity contribution is 7.11. The van der Waals surface area contributed by atoms with Crippen molar-refractivity contribution in [3.05, 3.63) is 81.8 Å². The molecule has 8 atom stereocenters. The molecular formula is C54H63FN8O8S. The van der Waals surface area contributed by atoms with E-state index in [-0.39, 0.29) is 47.9 Å². The van der Waals surface area contributed by atoms with Crippen molar-refractivity contribution in [3.8, 4) is 17.0 Å². The fourth-order valence-electron chi connectivity index (χ4n) is 11.7. The number of methoxy groups -OCH3 is 2. The van der Waals surface area contributed by atoms with Crippen molar-refractivity contribution < 1.29 is 42.5 Å². The predicted molar refractivity (Wildman–Crippen MR) is 273 cm³/mol. The Morgan fingerprint density at radius 1 is 0.847 bits per heavy atom. The maximum Gasteiger partial charge on any atom is 0.407 e. The van der Waals surface area contributed by atoms with E-state index in [4.69, 9.17) is 28.9 Å². The van der Waals surface area contributed by atoms with Crippen LogP contribution in [0.1, 0.15) is 113 Å². The Morgan fingerprint density at radius 3 is 2.11 bits per heavy atom. The van der Waals surface area contributed by atoms with Gasteiger partial charge in [0.05, 0.1) is 65.2 Å². The van der Waals surface area contributed by atoms with Crippen LogP contribution in [0.25, 0.3) is 33.3 Å². The van der Waals surface area contributed by atoms with Crippen LogP contribution in [0.4, 0.5) is 14.0 Å². The first-order chi connectivity index (χ1) is 34.7. The Kier molecular flexibility index (Phi) is 13.8. The average Bonchev–Trinajstić information content (AvgIpc) is 4.23. The number of aromatic nitrogens is 2. The molecule has 380 valence electrons. The van der Waals surface area contributed by atoms with Gasteiger partial charge in [-0.25, -0.2) is 19.0 Å². The van der Waals surface area contributed by atoms with Crippen LogP contribution in [0.3, 0.4) is 0 Å². The monoisotopic (exact) mass is 1000 g/mol. The lowest BCUT2D eigenvalue weighted by atomic mass is 9.85. The zero-order valence-corrected chi connectivity index (χ0v) is 42.7. The number of hydrogen-bond donors (Lipinski definition) is 2. The molecule has 4 amide bonds. The number of alkyl carbamates (subject to hydrolysis) is 2. The van der Waals surface area contributed by atoms with Crippen LogP contribution >= 0.6 is 11.3 Å². The second-order valence-electron chi connectivity index (χ2n) is 20.2. The lowest BCUT2D eigenvalue weighted by Gasteiger charge is -2.38. The summed E-state index contributed by atoms with van der Waals surface area (Å²) in [6.07, 6.45) is 9.72. The molecule has 2 N–H and O–H groups in total. The van der Waals surface area contributed by atoms with E-state index in [9.17, 15) is 19.2 Å². The molecule has 72 heavy (non-hydrogen) atoms. The van der Waals surface area contributed by atoms with Crippen molar-refractivity contribution in [3.63, 3.8) is 0 Å². The van der Waals surface area contributed by atoms with Gasteiger partial charge in [-0.05, 0) is 123 Å². The Balaban J connectivity index is 0.896. The molecule has 16 nitrogen and oxygen atoms in total. The molecule has 3 saturated heterocycles. The molecule has 3 unspecified atom stereocenters. The molecule has 0 radical (unpaired) electrons. The van der Waals surface area contributed by atoms with Gasteiger partial charge < -0.3 is 39.4 Å². The van der Waals surface area contributed by atoms with Crippen LogP contribution < -0.4 is 15.4 Å². The molecule has 0 bridgehead atoms. The first-order valence-electron chi connectivity index (χ1n) is 25.3. The van der Waals surface area contributed by atoms with Crippen molar-refractivity contribution in [2.24, 2.45) is 21.8 Å². The smallest absolute Gasteiger partial charge is 0.407 e. The number of rotatable bonds is 12. The molecule has 0 spiro atoms. The van der Waals surface area contributed by atoms with Crippen molar-refractivity contribution in [2.45, 2.75) is 135 Å². The number of nitrogens with one attached hydrogen (secondary N) is 2. The number of benzene rings is 2. The Bertz CT molecular complexity index is 2930. The summed E-state index contributed by atoms with van der Waals surface area (Å²) in [5, 5.41) is 7.46. The van der Waals surface area contributed by atoms with Crippen LogP contribution in [0.15, 0.2) is 65.0 Å². The third-order valence-electron chi connectivity index (χ3n) is 15.2. The largest absolute Gasteiger partial charge is 0.464 e. The number of aliphatic imine (C=N–C) groups is 2. The van der Waals surface area contributed by atoms with E-state index < -0.39 is 36.3 Å². The molecule has 6 aliphatic heterocycles. The molecule has 4 aromatic rings. The van der Waals surface area contributed by atoms with E-state index in [0.29, 0.717) is 61.3 Å². The van der Waals surface area contributed by atoms with Crippen molar-refractivity contribution in [1.29, 1.82) is 0 Å². The third kappa shape index (κ3) is 9.31. The number of amides is 4. The van der Waals surface area contributed by atoms with E-state index in [1.807, 2.05) is 57.1 Å². The highest BCUT2D eigenvalue weighted by Crippen LogP contribution is 2.48. The highest BCUT2D eigenvalue weighted by atomic mass is 32.1. The van der Waals surface area contributed by atoms with E-state index in [2.05, 4.69) is 45.3 Å².